The van der Waals surface area contributed by atoms with Crippen LogP contribution < -0.4 is 11.1 Å². The number of nitrogens with one attached hydrogen (secondary N) is 1. The first-order chi connectivity index (χ1) is 10.0. The maximum absolute atomic E-state index is 6.27. The van der Waals surface area contributed by atoms with Crippen molar-refractivity contribution in [1.82, 2.24) is 4.98 Å². The van der Waals surface area contributed by atoms with Gasteiger partial charge in [0, 0.05) is 21.7 Å². The molecule has 2 aromatic carbocycles. The third-order valence-corrected chi connectivity index (χ3v) is 3.99. The van der Waals surface area contributed by atoms with Crippen molar-refractivity contribution in [3.8, 4) is 0 Å². The summed E-state index contributed by atoms with van der Waals surface area (Å²) < 4.78 is 0.896. The van der Waals surface area contributed by atoms with Crippen LogP contribution in [0.5, 0.6) is 0 Å². The number of anilines is 3. The topological polar surface area (TPSA) is 50.9 Å². The smallest absolute Gasteiger partial charge is 0.0958 e. The van der Waals surface area contributed by atoms with Gasteiger partial charge in [-0.1, -0.05) is 17.7 Å². The lowest BCUT2D eigenvalue weighted by Gasteiger charge is -2.12. The lowest BCUT2D eigenvalue weighted by Crippen LogP contribution is -1.96. The van der Waals surface area contributed by atoms with Crippen molar-refractivity contribution in [2.75, 3.05) is 11.1 Å². The molecule has 0 bridgehead atoms. The highest BCUT2D eigenvalue weighted by Gasteiger charge is 2.08. The molecule has 0 spiro atoms. The lowest BCUT2D eigenvalue weighted by molar-refractivity contribution is 1.38. The summed E-state index contributed by atoms with van der Waals surface area (Å²) in [6.07, 6.45) is 1.75. The van der Waals surface area contributed by atoms with Gasteiger partial charge in [0.1, 0.15) is 0 Å². The molecule has 106 valence electrons. The Kier molecular flexibility index (Phi) is 3.74. The average Bonchev–Trinajstić information content (AvgIpc) is 2.45. The Hall–Kier alpha value is -1.78. The number of hydrogen-bond acceptors (Lipinski definition) is 3. The Morgan fingerprint density at radius 2 is 1.90 bits per heavy atom. The van der Waals surface area contributed by atoms with Crippen LogP contribution in [0.3, 0.4) is 0 Å². The molecular weight excluding hydrogens is 350 g/mol. The van der Waals surface area contributed by atoms with E-state index in [1.165, 1.54) is 0 Å². The van der Waals surface area contributed by atoms with E-state index in [2.05, 4.69) is 26.2 Å². The molecule has 0 fully saturated rings. The second-order valence-electron chi connectivity index (χ2n) is 4.86. The Labute approximate surface area is 136 Å². The van der Waals surface area contributed by atoms with Gasteiger partial charge in [-0.3, -0.25) is 4.98 Å². The number of aromatic nitrogens is 1. The number of nitrogen functional groups attached to an aromatic ring is 1. The lowest BCUT2D eigenvalue weighted by atomic mass is 10.1. The van der Waals surface area contributed by atoms with Crippen molar-refractivity contribution in [2.45, 2.75) is 6.92 Å². The molecule has 3 rings (SSSR count). The fraction of sp³-hybridized carbons (Fsp3) is 0.0625. The predicted molar refractivity (Wildman–Crippen MR) is 93.3 cm³/mol. The Balaban J connectivity index is 2.11. The van der Waals surface area contributed by atoms with Crippen molar-refractivity contribution in [2.24, 2.45) is 0 Å². The first-order valence-electron chi connectivity index (χ1n) is 6.41. The molecule has 5 heteroatoms. The first kappa shape index (κ1) is 14.2. The standard InChI is InChI=1S/C16H13BrClN3/c1-9-2-4-14(12(18)6-9)21-15-5-3-13(19)11-7-10(17)8-20-16(11)15/h2-8,21H,19H2,1H3. The van der Waals surface area contributed by atoms with Crippen molar-refractivity contribution < 1.29 is 0 Å². The predicted octanol–water partition coefficient (Wildman–Crippen LogP) is 5.28. The zero-order valence-corrected chi connectivity index (χ0v) is 13.7. The third kappa shape index (κ3) is 2.82. The SMILES string of the molecule is Cc1ccc(Nc2ccc(N)c3cc(Br)cnc23)c(Cl)c1. The highest BCUT2D eigenvalue weighted by Crippen LogP contribution is 2.33. The highest BCUT2D eigenvalue weighted by atomic mass is 79.9. The van der Waals surface area contributed by atoms with Crippen LogP contribution in [-0.2, 0) is 0 Å². The molecule has 0 aliphatic heterocycles. The van der Waals surface area contributed by atoms with E-state index in [1.54, 1.807) is 6.20 Å². The van der Waals surface area contributed by atoms with E-state index >= 15 is 0 Å². The number of nitrogens with two attached hydrogens (primary N) is 1. The molecule has 0 aliphatic carbocycles. The number of fused-ring (bicyclic) bond motifs is 1. The minimum absolute atomic E-state index is 0.678. The van der Waals surface area contributed by atoms with E-state index in [9.17, 15) is 0 Å². The van der Waals surface area contributed by atoms with Crippen LogP contribution in [0.4, 0.5) is 17.1 Å². The molecule has 0 aliphatic rings. The van der Waals surface area contributed by atoms with Crippen molar-refractivity contribution >= 4 is 55.5 Å². The van der Waals surface area contributed by atoms with Crippen LogP contribution in [0.1, 0.15) is 5.56 Å². The number of rotatable bonds is 2. The van der Waals surface area contributed by atoms with Crippen LogP contribution in [-0.4, -0.2) is 4.98 Å². The van der Waals surface area contributed by atoms with E-state index in [0.29, 0.717) is 10.7 Å². The van der Waals surface area contributed by atoms with Gasteiger partial charge >= 0.3 is 0 Å². The molecule has 1 heterocycles. The average molecular weight is 363 g/mol. The van der Waals surface area contributed by atoms with Crippen LogP contribution in [0.2, 0.25) is 5.02 Å². The second kappa shape index (κ2) is 5.54. The van der Waals surface area contributed by atoms with Crippen LogP contribution >= 0.6 is 27.5 Å². The van der Waals surface area contributed by atoms with E-state index in [4.69, 9.17) is 17.3 Å². The molecule has 0 atom stereocenters. The summed E-state index contributed by atoms with van der Waals surface area (Å²) in [5.41, 5.74) is 10.4. The number of benzene rings is 2. The molecule has 0 unspecified atom stereocenters. The molecule has 0 radical (unpaired) electrons. The fourth-order valence-corrected chi connectivity index (χ4v) is 2.80. The molecule has 3 nitrogen and oxygen atoms in total. The van der Waals surface area contributed by atoms with Gasteiger partial charge in [-0.2, -0.15) is 0 Å². The van der Waals surface area contributed by atoms with Crippen LogP contribution in [0.15, 0.2) is 47.1 Å². The quantitative estimate of drug-likeness (QED) is 0.609. The van der Waals surface area contributed by atoms with Gasteiger partial charge in [0.2, 0.25) is 0 Å². The molecule has 21 heavy (non-hydrogen) atoms. The maximum atomic E-state index is 6.27. The van der Waals surface area contributed by atoms with Gasteiger partial charge in [-0.05, 0) is 58.7 Å². The summed E-state index contributed by atoms with van der Waals surface area (Å²) >= 11 is 9.69. The van der Waals surface area contributed by atoms with Crippen molar-refractivity contribution in [3.05, 3.63) is 57.7 Å². The van der Waals surface area contributed by atoms with E-state index in [1.807, 2.05) is 43.3 Å². The summed E-state index contributed by atoms with van der Waals surface area (Å²) in [5, 5.41) is 4.90. The molecule has 0 saturated heterocycles. The zero-order valence-electron chi connectivity index (χ0n) is 11.3. The van der Waals surface area contributed by atoms with Crippen molar-refractivity contribution in [1.29, 1.82) is 0 Å². The molecule has 1 aromatic heterocycles. The van der Waals surface area contributed by atoms with Crippen molar-refractivity contribution in [3.63, 3.8) is 0 Å². The van der Waals surface area contributed by atoms with E-state index < -0.39 is 0 Å². The highest BCUT2D eigenvalue weighted by molar-refractivity contribution is 9.10. The fourth-order valence-electron chi connectivity index (χ4n) is 2.18. The normalized spacial score (nSPS) is 10.8. The minimum Gasteiger partial charge on any atom is -0.398 e. The Bertz CT molecular complexity index is 833. The van der Waals surface area contributed by atoms with E-state index in [0.717, 1.165) is 32.3 Å². The number of halogens is 2. The first-order valence-corrected chi connectivity index (χ1v) is 7.58. The largest absolute Gasteiger partial charge is 0.398 e. The van der Waals surface area contributed by atoms with Gasteiger partial charge in [-0.25, -0.2) is 0 Å². The number of nitrogens with zero attached hydrogens (tertiary/aromatic N) is 1. The van der Waals surface area contributed by atoms with Gasteiger partial charge in [0.25, 0.3) is 0 Å². The Morgan fingerprint density at radius 1 is 1.14 bits per heavy atom. The molecular formula is C16H13BrClN3. The summed E-state index contributed by atoms with van der Waals surface area (Å²) in [4.78, 5) is 4.45. The Morgan fingerprint density at radius 3 is 2.67 bits per heavy atom. The molecule has 0 amide bonds. The summed E-state index contributed by atoms with van der Waals surface area (Å²) in [5.74, 6) is 0. The molecule has 3 aromatic rings. The number of hydrogen-bond donors (Lipinski definition) is 2. The summed E-state index contributed by atoms with van der Waals surface area (Å²) in [6.45, 7) is 2.01. The number of aryl methyl sites for hydroxylation is 1. The van der Waals surface area contributed by atoms with Gasteiger partial charge < -0.3 is 11.1 Å². The van der Waals surface area contributed by atoms with Gasteiger partial charge in [0.05, 0.1) is 21.9 Å². The summed E-state index contributed by atoms with van der Waals surface area (Å²) in [7, 11) is 0. The molecule has 0 saturated carbocycles. The number of pyridine rings is 1. The molecule has 3 N–H and O–H groups in total. The second-order valence-corrected chi connectivity index (χ2v) is 6.18. The third-order valence-electron chi connectivity index (χ3n) is 3.24. The minimum atomic E-state index is 0.678. The van der Waals surface area contributed by atoms with Gasteiger partial charge in [0.15, 0.2) is 0 Å². The summed E-state index contributed by atoms with van der Waals surface area (Å²) in [6, 6.07) is 11.6. The zero-order chi connectivity index (χ0) is 15.0. The van der Waals surface area contributed by atoms with Crippen LogP contribution in [0, 0.1) is 6.92 Å². The van der Waals surface area contributed by atoms with Gasteiger partial charge in [-0.15, -0.1) is 0 Å². The van der Waals surface area contributed by atoms with Crippen LogP contribution in [0.25, 0.3) is 10.9 Å². The maximum Gasteiger partial charge on any atom is 0.0958 e. The van der Waals surface area contributed by atoms with E-state index in [-0.39, 0.29) is 0 Å². The monoisotopic (exact) mass is 361 g/mol.